The molecule has 7 aromatic heterocycles. The first-order chi connectivity index (χ1) is 69.7. The van der Waals surface area contributed by atoms with Crippen molar-refractivity contribution >= 4 is 55.4 Å². The molecule has 0 aromatic carbocycles. The quantitative estimate of drug-likeness (QED) is 0.0268. The summed E-state index contributed by atoms with van der Waals surface area (Å²) in [6.45, 7) is 24.1. The van der Waals surface area contributed by atoms with E-state index in [-0.39, 0.29) is 128 Å². The molecule has 0 atom stereocenters. The van der Waals surface area contributed by atoms with Crippen molar-refractivity contribution in [3.05, 3.63) is 229 Å². The maximum absolute atomic E-state index is 12.6. The number of carboxylic acids is 1. The maximum atomic E-state index is 12.6. The number of pyridine rings is 6. The van der Waals surface area contributed by atoms with E-state index in [1.807, 2.05) is 12.3 Å². The Kier molecular flexibility index (Phi) is 52.9. The molecule has 0 bridgehead atoms. The molecule has 10 N–H and O–H groups in total. The smallest absolute Gasteiger partial charge is 0.412 e. The largest absolute Gasteiger partial charge is 0.477 e. The fourth-order valence-corrected chi connectivity index (χ4v) is 18.4. The number of amides is 1. The number of esters is 4. The van der Waals surface area contributed by atoms with Crippen LogP contribution in [0.4, 0.5) is 16.2 Å². The van der Waals surface area contributed by atoms with E-state index in [1.165, 1.54) is 96.8 Å². The van der Waals surface area contributed by atoms with Gasteiger partial charge in [0.1, 0.15) is 39.1 Å². The predicted molar refractivity (Wildman–Crippen MR) is 570 cm³/mol. The van der Waals surface area contributed by atoms with Crippen LogP contribution in [0.5, 0.6) is 0 Å². The highest BCUT2D eigenvalue weighted by Gasteiger charge is 2.33. The van der Waals surface area contributed by atoms with Crippen LogP contribution in [0.15, 0.2) is 166 Å². The maximum Gasteiger partial charge on any atom is 0.412 e. The average molecular weight is 2070 g/mol. The number of rotatable bonds is 16. The second kappa shape index (κ2) is 62.4. The zero-order valence-electron chi connectivity index (χ0n) is 90.1. The predicted octanol–water partition coefficient (Wildman–Crippen LogP) is 17.1. The van der Waals surface area contributed by atoms with Crippen LogP contribution in [-0.2, 0) is 42.6 Å². The van der Waals surface area contributed by atoms with E-state index in [0.29, 0.717) is 41.8 Å². The molecule has 0 aliphatic heterocycles. The van der Waals surface area contributed by atoms with Gasteiger partial charge in [-0.3, -0.25) is 34.1 Å². The van der Waals surface area contributed by atoms with Crippen molar-refractivity contribution in [2.45, 2.75) is 376 Å². The molecule has 15 rings (SSSR count). The molecule has 0 unspecified atom stereocenters. The van der Waals surface area contributed by atoms with E-state index in [1.54, 1.807) is 150 Å². The topological polar surface area (TPSA) is 498 Å². The number of nitrogens with two attached hydrogens (primary N) is 3. The molecule has 8 aliphatic carbocycles. The number of hydrogen-bond donors (Lipinski definition) is 7. The number of carbonyl (C=O) groups excluding carboxylic acids is 5. The fourth-order valence-electron chi connectivity index (χ4n) is 18.4. The molecule has 0 spiro atoms. The lowest BCUT2D eigenvalue weighted by Gasteiger charge is -2.32. The van der Waals surface area contributed by atoms with Gasteiger partial charge in [-0.2, -0.15) is 0 Å². The molecule has 0 radical (unpaired) electrons. The first-order valence-electron chi connectivity index (χ1n) is 51.8. The molecule has 0 saturated heterocycles. The number of aliphatic hydroxyl groups is 2. The fraction of sp³-hybridized carbons (Fsp3) is 0.627. The summed E-state index contributed by atoms with van der Waals surface area (Å²) >= 11 is 0. The average Bonchev–Trinajstić information content (AvgIpc) is 0.828. The number of anilines is 2. The standard InChI is InChI=1S/C17H26N2O4.C14H19NO4.C14H19NO3.2C13H17NO4.C12H18N2O2.C7H15N.C7H6O4.C7H18Si.C6H13NO/c1-17(2,3)23-16(21)18-14-6-5-11-19(15(14)20)12-7-9-13(22-4)10-8-12;1-18-11-7-5-10(6-8-11)15-9-3-4-12(13(15)16)14(17)19-2;1-10-5-7-11(8-6-10)15-9-3-4-12(13(15)16)14(17)18-2;1-18-10-6-4-9(5-7-10)14-8-2-3-11(12(14)15)13(16)17;1-18-13(17)11-3-2-8-14(12(11)16)9-4-6-10(15)7-5-9;1-16-10-6-4-9(5-7-10)14-8-2-3-11(13)12(14)15;1-6-2-4-7(8)5-3-6;1-10-6(8)5-3-2-4-11-7(5)9;1-7(2,3)8(4,5)6;7-5-1-3-6(8)4-2-5/h5-6,11-13H,7-10H2,1-4H3,(H,18,21);3-4,9-11H,5-8H2,1-2H3;3-4,9-11H,5-8H2,1-2H3;2-3,8-10H,4-7H2,1H3,(H,16,17);2-3,8-10,15H,4-7H2,1H3;2-3,8-10H,4-7,13H2,1H3;6-7H,2-5,8H2,1H3;2-4H,1H3;1-6H3;5-6,8H,1-4,7H2. The van der Waals surface area contributed by atoms with Gasteiger partial charge in [-0.05, 0) is 328 Å². The zero-order chi connectivity index (χ0) is 109. The molecule has 7 aromatic rings. The molecule has 37 heteroatoms. The minimum absolute atomic E-state index is 0.0604. The first-order valence-corrected chi connectivity index (χ1v) is 55.3. The molecule has 8 fully saturated rings. The van der Waals surface area contributed by atoms with Crippen LogP contribution >= 0.6 is 0 Å². The zero-order valence-corrected chi connectivity index (χ0v) is 91.1. The molecule has 36 nitrogen and oxygen atoms in total. The summed E-state index contributed by atoms with van der Waals surface area (Å²) in [5, 5.41) is 30.5. The highest BCUT2D eigenvalue weighted by Crippen LogP contribution is 2.37. The van der Waals surface area contributed by atoms with Crippen molar-refractivity contribution < 1.29 is 91.1 Å². The van der Waals surface area contributed by atoms with Crippen molar-refractivity contribution in [3.8, 4) is 0 Å². The summed E-state index contributed by atoms with van der Waals surface area (Å²) in [4.78, 5) is 152. The summed E-state index contributed by atoms with van der Waals surface area (Å²) in [7, 11) is 11.1. The lowest BCUT2D eigenvalue weighted by atomic mass is 9.87. The van der Waals surface area contributed by atoms with Crippen LogP contribution in [0.1, 0.15) is 349 Å². The lowest BCUT2D eigenvalue weighted by molar-refractivity contribution is 0.0565. The summed E-state index contributed by atoms with van der Waals surface area (Å²) in [6.07, 6.45) is 43.0. The first kappa shape index (κ1) is 125. The van der Waals surface area contributed by atoms with Gasteiger partial charge >= 0.3 is 41.6 Å². The number of nitrogens with zero attached hydrogens (tertiary/aromatic N) is 6. The molecule has 818 valence electrons. The Balaban J connectivity index is 0.000000254. The highest BCUT2D eigenvalue weighted by molar-refractivity contribution is 6.78. The second-order valence-electron chi connectivity index (χ2n) is 42.2. The Bertz CT molecular complexity index is 5480. The van der Waals surface area contributed by atoms with Crippen LogP contribution in [0, 0.1) is 11.8 Å². The van der Waals surface area contributed by atoms with E-state index in [0.717, 1.165) is 179 Å². The van der Waals surface area contributed by atoms with Gasteiger partial charge in [0.25, 0.3) is 33.4 Å². The summed E-state index contributed by atoms with van der Waals surface area (Å²) in [5.74, 6) is -1.91. The number of carboxylic acid groups (broad SMARTS) is 1. The number of nitrogen functional groups attached to an aromatic ring is 1. The number of ether oxygens (including phenoxy) is 9. The minimum atomic E-state index is -1.17. The van der Waals surface area contributed by atoms with Crippen LogP contribution in [-0.4, -0.2) is 198 Å². The molecular weight excluding hydrogens is 1910 g/mol. The Hall–Kier alpha value is -11.0. The minimum Gasteiger partial charge on any atom is -0.477 e. The summed E-state index contributed by atoms with van der Waals surface area (Å²) in [6, 6.07) is 24.1. The number of aliphatic hydroxyl groups excluding tert-OH is 2. The van der Waals surface area contributed by atoms with Crippen molar-refractivity contribution in [2.75, 3.05) is 67.9 Å². The number of hydrogen-bond acceptors (Lipinski definition) is 28. The third-order valence-corrected chi connectivity index (χ3v) is 33.6. The van der Waals surface area contributed by atoms with Gasteiger partial charge in [-0.1, -0.05) is 54.3 Å². The van der Waals surface area contributed by atoms with Gasteiger partial charge in [0.05, 0.1) is 77.0 Å². The monoisotopic (exact) mass is 2070 g/mol. The van der Waals surface area contributed by atoms with E-state index in [9.17, 15) is 67.4 Å². The normalized spacial score (nSPS) is 23.7. The van der Waals surface area contributed by atoms with Gasteiger partial charge in [-0.15, -0.1) is 0 Å². The SMILES string of the molecule is CC(C)(C)[Si](C)(C)C.CC1CCC(N)CC1.COC(=O)c1cccn(C2CCC(C)CC2)c1=O.COC(=O)c1cccn(C2CCC(O)CC2)c1=O.COC(=O)c1cccn(C2CCC(OC)CC2)c1=O.COC(=O)c1cccoc1=O.COC1CCC(n2cccc(C(=O)O)c2=O)CC1.COC1CCC(n2cccc(N)c2=O)CC1.COC1CCC(n2cccc(NC(=O)OC(C)(C)C)c2=O)CC1.NC1CCC(O)CC1. The van der Waals surface area contributed by atoms with E-state index in [4.69, 9.17) is 51.1 Å². The van der Waals surface area contributed by atoms with Gasteiger partial charge in [-0.25, -0.2) is 33.6 Å². The molecule has 7 heterocycles. The highest BCUT2D eigenvalue weighted by atomic mass is 28.3. The molecular formula is C110H168N10O26Si. The third-order valence-electron chi connectivity index (χ3n) is 29.1. The van der Waals surface area contributed by atoms with Gasteiger partial charge in [0, 0.05) is 122 Å². The van der Waals surface area contributed by atoms with Crippen molar-refractivity contribution in [1.29, 1.82) is 0 Å². The van der Waals surface area contributed by atoms with Crippen LogP contribution in [0.2, 0.25) is 24.7 Å². The lowest BCUT2D eigenvalue weighted by Crippen LogP contribution is -2.33. The van der Waals surface area contributed by atoms with Crippen molar-refractivity contribution in [3.63, 3.8) is 0 Å². The number of aromatic carboxylic acids is 1. The van der Waals surface area contributed by atoms with E-state index < -0.39 is 60.8 Å². The molecule has 8 saturated carbocycles. The van der Waals surface area contributed by atoms with Gasteiger partial charge in [0.2, 0.25) is 0 Å². The van der Waals surface area contributed by atoms with E-state index in [2.05, 4.69) is 82.9 Å². The van der Waals surface area contributed by atoms with Crippen molar-refractivity contribution in [2.24, 2.45) is 23.3 Å². The Morgan fingerprint density at radius 1 is 0.354 bits per heavy atom. The second-order valence-corrected chi connectivity index (χ2v) is 48.2. The molecule has 147 heavy (non-hydrogen) atoms. The molecule has 8 aliphatic rings. The number of nitrogens with one attached hydrogen (secondary N) is 1. The van der Waals surface area contributed by atoms with Crippen LogP contribution in [0.25, 0.3) is 0 Å². The Morgan fingerprint density at radius 2 is 0.605 bits per heavy atom. The Labute approximate surface area is 865 Å². The van der Waals surface area contributed by atoms with Crippen LogP contribution in [0.3, 0.4) is 0 Å². The van der Waals surface area contributed by atoms with Crippen molar-refractivity contribution in [1.82, 2.24) is 27.4 Å². The van der Waals surface area contributed by atoms with Gasteiger partial charge in [0.15, 0.2) is 0 Å². The number of carbonyl (C=O) groups is 6. The van der Waals surface area contributed by atoms with Gasteiger partial charge < -0.3 is 107 Å². The van der Waals surface area contributed by atoms with Crippen LogP contribution < -0.4 is 61.5 Å². The summed E-state index contributed by atoms with van der Waals surface area (Å²) < 4.78 is 59.0. The summed E-state index contributed by atoms with van der Waals surface area (Å²) in [5.41, 5.74) is 14.7. The third kappa shape index (κ3) is 40.8. The number of aromatic nitrogens is 6. The molecule has 1 amide bonds. The van der Waals surface area contributed by atoms with E-state index >= 15 is 0 Å². The number of methoxy groups -OCH3 is 8. The Morgan fingerprint density at radius 3 is 0.891 bits per heavy atom.